The van der Waals surface area contributed by atoms with E-state index in [1.54, 1.807) is 13.2 Å². The number of halogens is 1. The van der Waals surface area contributed by atoms with Crippen molar-refractivity contribution in [2.75, 3.05) is 7.11 Å². The minimum Gasteiger partial charge on any atom is -0.495 e. The molecule has 0 atom stereocenters. The third-order valence-corrected chi connectivity index (χ3v) is 1.87. The second kappa shape index (κ2) is 3.05. The average Bonchev–Trinajstić information content (AvgIpc) is 1.95. The van der Waals surface area contributed by atoms with E-state index in [9.17, 15) is 4.79 Å². The monoisotopic (exact) mass is 251 g/mol. The van der Waals surface area contributed by atoms with Crippen LogP contribution in [0.15, 0.2) is 17.1 Å². The van der Waals surface area contributed by atoms with Gasteiger partial charge in [-0.05, 0) is 22.6 Å². The maximum atomic E-state index is 10.8. The summed E-state index contributed by atoms with van der Waals surface area (Å²) in [5.41, 5.74) is -0.0820. The van der Waals surface area contributed by atoms with E-state index < -0.39 is 0 Å². The summed E-state index contributed by atoms with van der Waals surface area (Å²) >= 11 is 1.95. The van der Waals surface area contributed by atoms with Gasteiger partial charge in [-0.25, -0.2) is 0 Å². The highest BCUT2D eigenvalue weighted by Gasteiger charge is 1.95. The van der Waals surface area contributed by atoms with Crippen LogP contribution in [0.5, 0.6) is 5.75 Å². The number of pyridine rings is 1. The summed E-state index contributed by atoms with van der Waals surface area (Å²) in [6.07, 6.45) is 1.53. The summed E-state index contributed by atoms with van der Waals surface area (Å²) in [6, 6.07) is 1.68. The van der Waals surface area contributed by atoms with Gasteiger partial charge in [-0.1, -0.05) is 0 Å². The largest absolute Gasteiger partial charge is 0.495 e. The fourth-order valence-corrected chi connectivity index (χ4v) is 1.02. The Balaban J connectivity index is 3.17. The van der Waals surface area contributed by atoms with Gasteiger partial charge in [0.05, 0.1) is 10.7 Å². The molecular formula is C6H6INO2. The van der Waals surface area contributed by atoms with E-state index in [0.717, 1.165) is 0 Å². The fraction of sp³-hybridized carbons (Fsp3) is 0.167. The standard InChI is InChI=1S/C6H6INO2/c1-10-4-2-5(7)6(9)8-3-4/h2-3H,1H3,(H,8,9). The molecule has 4 heteroatoms. The lowest BCUT2D eigenvalue weighted by atomic mass is 10.5. The molecule has 1 N–H and O–H groups in total. The topological polar surface area (TPSA) is 42.1 Å². The number of rotatable bonds is 1. The highest BCUT2D eigenvalue weighted by atomic mass is 127. The predicted molar refractivity (Wildman–Crippen MR) is 46.3 cm³/mol. The van der Waals surface area contributed by atoms with E-state index in [2.05, 4.69) is 4.98 Å². The van der Waals surface area contributed by atoms with Gasteiger partial charge in [0.1, 0.15) is 5.75 Å². The van der Waals surface area contributed by atoms with Crippen LogP contribution in [-0.2, 0) is 0 Å². The lowest BCUT2D eigenvalue weighted by Crippen LogP contribution is -2.07. The number of aromatic nitrogens is 1. The Morgan fingerprint density at radius 3 is 2.90 bits per heavy atom. The number of hydrogen-bond acceptors (Lipinski definition) is 2. The highest BCUT2D eigenvalue weighted by Crippen LogP contribution is 2.07. The minimum atomic E-state index is -0.0820. The Hall–Kier alpha value is -0.520. The SMILES string of the molecule is COc1c[nH]c(=O)c(I)c1. The summed E-state index contributed by atoms with van der Waals surface area (Å²) in [5.74, 6) is 0.670. The van der Waals surface area contributed by atoms with Crippen LogP contribution in [-0.4, -0.2) is 12.1 Å². The lowest BCUT2D eigenvalue weighted by Gasteiger charge is -1.96. The molecule has 54 valence electrons. The van der Waals surface area contributed by atoms with Crippen molar-refractivity contribution in [3.8, 4) is 5.75 Å². The van der Waals surface area contributed by atoms with E-state index >= 15 is 0 Å². The number of methoxy groups -OCH3 is 1. The molecule has 0 aromatic carbocycles. The zero-order valence-corrected chi connectivity index (χ0v) is 7.51. The number of nitrogens with one attached hydrogen (secondary N) is 1. The van der Waals surface area contributed by atoms with E-state index in [4.69, 9.17) is 4.74 Å². The molecule has 0 fully saturated rings. The van der Waals surface area contributed by atoms with Crippen molar-refractivity contribution in [1.29, 1.82) is 0 Å². The molecule has 3 nitrogen and oxygen atoms in total. The van der Waals surface area contributed by atoms with E-state index in [0.29, 0.717) is 9.32 Å². The molecule has 1 rings (SSSR count). The lowest BCUT2D eigenvalue weighted by molar-refractivity contribution is 0.412. The smallest absolute Gasteiger partial charge is 0.261 e. The Morgan fingerprint density at radius 2 is 2.40 bits per heavy atom. The summed E-state index contributed by atoms with van der Waals surface area (Å²) in [5, 5.41) is 0. The number of aromatic amines is 1. The molecule has 1 heterocycles. The van der Waals surface area contributed by atoms with Gasteiger partial charge in [0.2, 0.25) is 0 Å². The molecule has 0 aliphatic heterocycles. The van der Waals surface area contributed by atoms with Crippen LogP contribution in [0.25, 0.3) is 0 Å². The van der Waals surface area contributed by atoms with Crippen molar-refractivity contribution in [2.45, 2.75) is 0 Å². The molecule has 0 amide bonds. The van der Waals surface area contributed by atoms with E-state index in [-0.39, 0.29) is 5.56 Å². The quantitative estimate of drug-likeness (QED) is 0.756. The van der Waals surface area contributed by atoms with Crippen molar-refractivity contribution >= 4 is 22.6 Å². The molecule has 10 heavy (non-hydrogen) atoms. The molecule has 0 unspecified atom stereocenters. The van der Waals surface area contributed by atoms with Gasteiger partial charge in [-0.2, -0.15) is 0 Å². The van der Waals surface area contributed by atoms with Crippen molar-refractivity contribution in [3.63, 3.8) is 0 Å². The molecule has 0 saturated heterocycles. The van der Waals surface area contributed by atoms with Crippen LogP contribution in [0.1, 0.15) is 0 Å². The van der Waals surface area contributed by atoms with Crippen LogP contribution in [0, 0.1) is 3.57 Å². The zero-order chi connectivity index (χ0) is 7.56. The Labute approximate surface area is 71.6 Å². The van der Waals surface area contributed by atoms with Crippen LogP contribution in [0.4, 0.5) is 0 Å². The second-order valence-corrected chi connectivity index (χ2v) is 2.88. The predicted octanol–water partition coefficient (Wildman–Crippen LogP) is 0.988. The number of ether oxygens (including phenoxy) is 1. The average molecular weight is 251 g/mol. The van der Waals surface area contributed by atoms with Crippen LogP contribution in [0.2, 0.25) is 0 Å². The minimum absolute atomic E-state index is 0.0820. The van der Waals surface area contributed by atoms with Gasteiger partial charge in [0, 0.05) is 12.3 Å². The normalized spacial score (nSPS) is 9.40. The van der Waals surface area contributed by atoms with Gasteiger partial charge in [-0.15, -0.1) is 0 Å². The number of hydrogen-bond donors (Lipinski definition) is 1. The van der Waals surface area contributed by atoms with Crippen LogP contribution < -0.4 is 10.3 Å². The van der Waals surface area contributed by atoms with Crippen molar-refractivity contribution in [2.24, 2.45) is 0 Å². The molecule has 0 bridgehead atoms. The third kappa shape index (κ3) is 1.50. The third-order valence-electron chi connectivity index (χ3n) is 1.07. The van der Waals surface area contributed by atoms with Crippen molar-refractivity contribution < 1.29 is 4.74 Å². The molecule has 0 spiro atoms. The molecule has 0 radical (unpaired) electrons. The maximum Gasteiger partial charge on any atom is 0.261 e. The van der Waals surface area contributed by atoms with Gasteiger partial charge < -0.3 is 9.72 Å². The maximum absolute atomic E-state index is 10.8. The second-order valence-electron chi connectivity index (χ2n) is 1.72. The van der Waals surface area contributed by atoms with E-state index in [1.165, 1.54) is 6.20 Å². The molecular weight excluding hydrogens is 245 g/mol. The van der Waals surface area contributed by atoms with Crippen LogP contribution in [0.3, 0.4) is 0 Å². The Morgan fingerprint density at radius 1 is 1.70 bits per heavy atom. The Kier molecular flexibility index (Phi) is 2.31. The number of H-pyrrole nitrogens is 1. The zero-order valence-electron chi connectivity index (χ0n) is 5.35. The molecule has 0 aliphatic carbocycles. The molecule has 1 aromatic rings. The van der Waals surface area contributed by atoms with E-state index in [1.807, 2.05) is 22.6 Å². The Bertz CT molecular complexity index is 281. The van der Waals surface area contributed by atoms with Gasteiger partial charge in [0.15, 0.2) is 0 Å². The first kappa shape index (κ1) is 7.59. The molecule has 1 aromatic heterocycles. The van der Waals surface area contributed by atoms with Gasteiger partial charge >= 0.3 is 0 Å². The summed E-state index contributed by atoms with van der Waals surface area (Å²) < 4.78 is 5.51. The highest BCUT2D eigenvalue weighted by molar-refractivity contribution is 14.1. The van der Waals surface area contributed by atoms with Crippen LogP contribution >= 0.6 is 22.6 Å². The first-order valence-electron chi connectivity index (χ1n) is 2.66. The van der Waals surface area contributed by atoms with Crippen molar-refractivity contribution in [3.05, 3.63) is 26.2 Å². The van der Waals surface area contributed by atoms with Gasteiger partial charge in [-0.3, -0.25) is 4.79 Å². The summed E-state index contributed by atoms with van der Waals surface area (Å²) in [6.45, 7) is 0. The van der Waals surface area contributed by atoms with Crippen molar-refractivity contribution in [1.82, 2.24) is 4.98 Å². The molecule has 0 aliphatic rings. The summed E-state index contributed by atoms with van der Waals surface area (Å²) in [4.78, 5) is 13.3. The first-order valence-corrected chi connectivity index (χ1v) is 3.74. The fourth-order valence-electron chi connectivity index (χ4n) is 0.556. The summed E-state index contributed by atoms with van der Waals surface area (Å²) in [7, 11) is 1.56. The first-order chi connectivity index (χ1) is 4.74. The molecule has 0 saturated carbocycles. The van der Waals surface area contributed by atoms with Gasteiger partial charge in [0.25, 0.3) is 5.56 Å².